The monoisotopic (exact) mass is 198 g/mol. The Labute approximate surface area is 82.6 Å². The minimum atomic E-state index is 0.851. The number of halogens is 1. The highest BCUT2D eigenvalue weighted by molar-refractivity contribution is 8.04. The second-order valence-corrected chi connectivity index (χ2v) is 4.08. The molecule has 0 saturated carbocycles. The van der Waals surface area contributed by atoms with Gasteiger partial charge in [0.05, 0.1) is 4.36 Å². The number of rotatable bonds is 3. The van der Waals surface area contributed by atoms with Crippen LogP contribution in [0.25, 0.3) is 0 Å². The molecule has 1 aromatic carbocycles. The quantitative estimate of drug-likeness (QED) is 0.654. The molecule has 0 saturated heterocycles. The molecule has 0 heterocycles. The summed E-state index contributed by atoms with van der Waals surface area (Å²) in [5, 5.41) is 0. The molecule has 0 unspecified atom stereocenters. The van der Waals surface area contributed by atoms with Crippen LogP contribution in [0.5, 0.6) is 0 Å². The number of hydrogen-bond acceptors (Lipinski definition) is 1. The average Bonchev–Trinajstić information content (AvgIpc) is 2.06. The van der Waals surface area contributed by atoms with E-state index < -0.39 is 0 Å². The molecule has 0 aromatic heterocycles. The van der Waals surface area contributed by atoms with E-state index in [0.717, 1.165) is 10.8 Å². The molecule has 0 bridgehead atoms. The van der Waals surface area contributed by atoms with Gasteiger partial charge in [-0.1, -0.05) is 54.6 Å². The lowest BCUT2D eigenvalue weighted by molar-refractivity contribution is 1.23. The van der Waals surface area contributed by atoms with Crippen molar-refractivity contribution in [2.24, 2.45) is 0 Å². The highest BCUT2D eigenvalue weighted by Gasteiger charge is 1.94. The summed E-state index contributed by atoms with van der Waals surface area (Å²) in [6, 6.07) is 10.1. The first-order chi connectivity index (χ1) is 5.83. The van der Waals surface area contributed by atoms with Crippen molar-refractivity contribution >= 4 is 23.4 Å². The van der Waals surface area contributed by atoms with Gasteiger partial charge in [0.2, 0.25) is 0 Å². The zero-order valence-electron chi connectivity index (χ0n) is 6.96. The van der Waals surface area contributed by atoms with E-state index in [-0.39, 0.29) is 0 Å². The highest BCUT2D eigenvalue weighted by Crippen LogP contribution is 2.28. The topological polar surface area (TPSA) is 0 Å². The Kier molecular flexibility index (Phi) is 4.26. The van der Waals surface area contributed by atoms with Gasteiger partial charge in [-0.2, -0.15) is 0 Å². The zero-order chi connectivity index (χ0) is 8.81. The Morgan fingerprint density at radius 1 is 1.42 bits per heavy atom. The number of allylic oxidation sites excluding steroid dienone is 1. The molecular weight excluding hydrogens is 188 g/mol. The zero-order valence-corrected chi connectivity index (χ0v) is 8.53. The second kappa shape index (κ2) is 5.28. The van der Waals surface area contributed by atoms with Crippen molar-refractivity contribution in [3.63, 3.8) is 0 Å². The minimum absolute atomic E-state index is 0.851. The van der Waals surface area contributed by atoms with Gasteiger partial charge in [-0.15, -0.1) is 0 Å². The summed E-state index contributed by atoms with van der Waals surface area (Å²) in [6.45, 7) is 2.08. The van der Waals surface area contributed by atoms with Crippen LogP contribution < -0.4 is 0 Å². The summed E-state index contributed by atoms with van der Waals surface area (Å²) in [4.78, 5) is 1.19. The summed E-state index contributed by atoms with van der Waals surface area (Å²) in [5.41, 5.74) is 0. The van der Waals surface area contributed by atoms with Crippen LogP contribution in [0.15, 0.2) is 45.7 Å². The third-order valence-electron chi connectivity index (χ3n) is 1.32. The predicted molar refractivity (Wildman–Crippen MR) is 56.5 cm³/mol. The van der Waals surface area contributed by atoms with Gasteiger partial charge in [0.1, 0.15) is 0 Å². The first-order valence-electron chi connectivity index (χ1n) is 3.91. The normalized spacial score (nSPS) is 11.7. The lowest BCUT2D eigenvalue weighted by atomic mass is 10.4. The molecule has 64 valence electrons. The van der Waals surface area contributed by atoms with Crippen molar-refractivity contribution in [3.8, 4) is 0 Å². The van der Waals surface area contributed by atoms with E-state index in [2.05, 4.69) is 19.1 Å². The molecule has 0 radical (unpaired) electrons. The molecule has 2 heteroatoms. The summed E-state index contributed by atoms with van der Waals surface area (Å²) >= 11 is 7.53. The van der Waals surface area contributed by atoms with Gasteiger partial charge in [-0.05, 0) is 18.6 Å². The minimum Gasteiger partial charge on any atom is -0.0780 e. The fourth-order valence-corrected chi connectivity index (χ4v) is 1.99. The Hall–Kier alpha value is -0.400. The highest BCUT2D eigenvalue weighted by atomic mass is 35.5. The molecule has 0 N–H and O–H groups in total. The van der Waals surface area contributed by atoms with Gasteiger partial charge in [0.15, 0.2) is 0 Å². The summed E-state index contributed by atoms with van der Waals surface area (Å²) < 4.78 is 0.851. The SMILES string of the molecule is CCC=C(Cl)Sc1ccccc1. The van der Waals surface area contributed by atoms with E-state index in [9.17, 15) is 0 Å². The van der Waals surface area contributed by atoms with Crippen LogP contribution in [0.1, 0.15) is 13.3 Å². The van der Waals surface area contributed by atoms with Crippen LogP contribution in [-0.4, -0.2) is 0 Å². The number of benzene rings is 1. The molecule has 0 atom stereocenters. The van der Waals surface area contributed by atoms with Crippen molar-refractivity contribution < 1.29 is 0 Å². The Morgan fingerprint density at radius 3 is 2.67 bits per heavy atom. The lowest BCUT2D eigenvalue weighted by Gasteiger charge is -1.97. The summed E-state index contributed by atoms with van der Waals surface area (Å²) in [6.07, 6.45) is 3.00. The van der Waals surface area contributed by atoms with Gasteiger partial charge < -0.3 is 0 Å². The third-order valence-corrected chi connectivity index (χ3v) is 2.58. The third kappa shape index (κ3) is 3.33. The molecule has 12 heavy (non-hydrogen) atoms. The standard InChI is InChI=1S/C10H11ClS/c1-2-6-10(11)12-9-7-4-3-5-8-9/h3-8H,2H2,1H3. The van der Waals surface area contributed by atoms with Crippen LogP contribution in [0.4, 0.5) is 0 Å². The maximum absolute atomic E-state index is 5.94. The fourth-order valence-electron chi connectivity index (χ4n) is 0.803. The van der Waals surface area contributed by atoms with Crippen LogP contribution in [0.3, 0.4) is 0 Å². The summed E-state index contributed by atoms with van der Waals surface area (Å²) in [5.74, 6) is 0. The maximum Gasteiger partial charge on any atom is 0.0742 e. The first-order valence-corrected chi connectivity index (χ1v) is 5.11. The van der Waals surface area contributed by atoms with E-state index in [1.807, 2.05) is 24.3 Å². The van der Waals surface area contributed by atoms with E-state index >= 15 is 0 Å². The van der Waals surface area contributed by atoms with Crippen LogP contribution in [0, 0.1) is 0 Å². The van der Waals surface area contributed by atoms with Gasteiger partial charge in [-0.25, -0.2) is 0 Å². The molecule has 0 spiro atoms. The lowest BCUT2D eigenvalue weighted by Crippen LogP contribution is -1.68. The Bertz CT molecular complexity index is 254. The number of hydrogen-bond donors (Lipinski definition) is 0. The Morgan fingerprint density at radius 2 is 2.08 bits per heavy atom. The van der Waals surface area contributed by atoms with Crippen molar-refractivity contribution in [2.45, 2.75) is 18.2 Å². The van der Waals surface area contributed by atoms with Crippen LogP contribution in [-0.2, 0) is 0 Å². The Balaban J connectivity index is 2.58. The number of thioether (sulfide) groups is 1. The molecule has 1 aromatic rings. The summed E-state index contributed by atoms with van der Waals surface area (Å²) in [7, 11) is 0. The van der Waals surface area contributed by atoms with Crippen LogP contribution in [0.2, 0.25) is 0 Å². The molecule has 0 aliphatic heterocycles. The smallest absolute Gasteiger partial charge is 0.0742 e. The van der Waals surface area contributed by atoms with Crippen molar-refractivity contribution in [1.29, 1.82) is 0 Å². The van der Waals surface area contributed by atoms with E-state index in [1.54, 1.807) is 11.8 Å². The van der Waals surface area contributed by atoms with E-state index in [4.69, 9.17) is 11.6 Å². The predicted octanol–water partition coefficient (Wildman–Crippen LogP) is 4.27. The van der Waals surface area contributed by atoms with E-state index in [1.165, 1.54) is 4.90 Å². The molecule has 0 fully saturated rings. The van der Waals surface area contributed by atoms with Gasteiger partial charge in [0, 0.05) is 4.90 Å². The molecule has 0 nitrogen and oxygen atoms in total. The van der Waals surface area contributed by atoms with Gasteiger partial charge in [-0.3, -0.25) is 0 Å². The molecule has 1 rings (SSSR count). The van der Waals surface area contributed by atoms with E-state index in [0.29, 0.717) is 0 Å². The van der Waals surface area contributed by atoms with Crippen molar-refractivity contribution in [1.82, 2.24) is 0 Å². The van der Waals surface area contributed by atoms with Gasteiger partial charge >= 0.3 is 0 Å². The second-order valence-electron chi connectivity index (χ2n) is 2.33. The van der Waals surface area contributed by atoms with Crippen molar-refractivity contribution in [3.05, 3.63) is 40.8 Å². The maximum atomic E-state index is 5.94. The fraction of sp³-hybridized carbons (Fsp3) is 0.200. The van der Waals surface area contributed by atoms with Crippen LogP contribution >= 0.6 is 23.4 Å². The molecule has 0 aliphatic carbocycles. The first kappa shape index (κ1) is 9.69. The van der Waals surface area contributed by atoms with Crippen molar-refractivity contribution in [2.75, 3.05) is 0 Å². The largest absolute Gasteiger partial charge is 0.0780 e. The molecular formula is C10H11ClS. The van der Waals surface area contributed by atoms with Gasteiger partial charge in [0.25, 0.3) is 0 Å². The molecule has 0 aliphatic rings. The molecule has 0 amide bonds. The average molecular weight is 199 g/mol.